The van der Waals surface area contributed by atoms with E-state index in [1.54, 1.807) is 0 Å². The zero-order valence-corrected chi connectivity index (χ0v) is 13.7. The topological polar surface area (TPSA) is 12.0 Å². The van der Waals surface area contributed by atoms with Crippen LogP contribution in [-0.2, 0) is 6.42 Å². The van der Waals surface area contributed by atoms with Crippen molar-refractivity contribution in [1.29, 1.82) is 0 Å². The molecule has 2 aromatic rings. The Balaban J connectivity index is 2.22. The minimum atomic E-state index is 0.371. The van der Waals surface area contributed by atoms with Gasteiger partial charge in [0.25, 0.3) is 0 Å². The molecule has 0 aliphatic rings. The van der Waals surface area contributed by atoms with E-state index in [4.69, 9.17) is 0 Å². The fourth-order valence-corrected chi connectivity index (χ4v) is 2.73. The molecule has 0 saturated carbocycles. The van der Waals surface area contributed by atoms with E-state index < -0.39 is 0 Å². The molecule has 112 valence electrons. The molecule has 21 heavy (non-hydrogen) atoms. The summed E-state index contributed by atoms with van der Waals surface area (Å²) in [5, 5.41) is 3.73. The molecular formula is C20H27N. The Labute approximate surface area is 129 Å². The second-order valence-corrected chi connectivity index (χ2v) is 5.94. The summed E-state index contributed by atoms with van der Waals surface area (Å²) < 4.78 is 0. The Hall–Kier alpha value is -1.76. The predicted molar refractivity (Wildman–Crippen MR) is 93.0 cm³/mol. The highest BCUT2D eigenvalue weighted by atomic mass is 14.9. The summed E-state index contributed by atoms with van der Waals surface area (Å²) in [6, 6.07) is 18.0. The van der Waals surface area contributed by atoms with E-state index in [0.717, 1.165) is 12.8 Å². The number of hydrogen-bond donors (Lipinski definition) is 1. The van der Waals surface area contributed by atoms with Gasteiger partial charge in [-0.2, -0.15) is 0 Å². The van der Waals surface area contributed by atoms with Crippen LogP contribution in [0.5, 0.6) is 0 Å². The maximum atomic E-state index is 3.73. The normalized spacial score (nSPS) is 12.4. The third kappa shape index (κ3) is 3.87. The molecule has 0 aliphatic carbocycles. The molecule has 0 fully saturated rings. The van der Waals surface area contributed by atoms with Crippen molar-refractivity contribution in [2.75, 3.05) is 5.32 Å². The van der Waals surface area contributed by atoms with Crippen LogP contribution in [0, 0.1) is 0 Å². The summed E-state index contributed by atoms with van der Waals surface area (Å²) >= 11 is 0. The lowest BCUT2D eigenvalue weighted by Crippen LogP contribution is -2.11. The highest BCUT2D eigenvalue weighted by Crippen LogP contribution is 2.29. The van der Waals surface area contributed by atoms with Crippen molar-refractivity contribution in [2.45, 2.75) is 52.5 Å². The molecule has 1 nitrogen and oxygen atoms in total. The minimum Gasteiger partial charge on any atom is -0.378 e. The molecular weight excluding hydrogens is 254 g/mol. The number of benzene rings is 2. The number of nitrogens with one attached hydrogen (secondary N) is 1. The van der Waals surface area contributed by atoms with Gasteiger partial charge in [0.05, 0.1) is 6.04 Å². The molecule has 0 aliphatic heterocycles. The van der Waals surface area contributed by atoms with Gasteiger partial charge >= 0.3 is 0 Å². The van der Waals surface area contributed by atoms with Crippen molar-refractivity contribution in [3.05, 3.63) is 65.2 Å². The molecule has 0 spiro atoms. The molecule has 0 heterocycles. The number of anilines is 1. The largest absolute Gasteiger partial charge is 0.378 e. The first-order valence-electron chi connectivity index (χ1n) is 8.10. The molecule has 0 radical (unpaired) electrons. The molecule has 0 bridgehead atoms. The van der Waals surface area contributed by atoms with E-state index >= 15 is 0 Å². The van der Waals surface area contributed by atoms with Crippen LogP contribution >= 0.6 is 0 Å². The van der Waals surface area contributed by atoms with E-state index in [9.17, 15) is 0 Å². The maximum absolute atomic E-state index is 3.73. The molecule has 1 N–H and O–H groups in total. The van der Waals surface area contributed by atoms with E-state index in [2.05, 4.69) is 81.5 Å². The Kier molecular flexibility index (Phi) is 5.44. The maximum Gasteiger partial charge on any atom is 0.0511 e. The zero-order valence-electron chi connectivity index (χ0n) is 13.7. The Bertz CT molecular complexity index is 554. The second kappa shape index (κ2) is 7.31. The molecule has 1 atom stereocenters. The molecule has 0 amide bonds. The minimum absolute atomic E-state index is 0.371. The van der Waals surface area contributed by atoms with E-state index in [1.165, 1.54) is 22.4 Å². The van der Waals surface area contributed by atoms with Gasteiger partial charge in [-0.1, -0.05) is 70.2 Å². The van der Waals surface area contributed by atoms with Crippen molar-refractivity contribution in [3.63, 3.8) is 0 Å². The Morgan fingerprint density at radius 2 is 1.57 bits per heavy atom. The van der Waals surface area contributed by atoms with Crippen molar-refractivity contribution >= 4 is 5.69 Å². The Morgan fingerprint density at radius 1 is 0.905 bits per heavy atom. The van der Waals surface area contributed by atoms with Crippen molar-refractivity contribution in [3.8, 4) is 0 Å². The SMILES string of the molecule is CCc1ccc(C(CC)Nc2ccccc2C(C)C)cc1. The summed E-state index contributed by atoms with van der Waals surface area (Å²) in [5.41, 5.74) is 5.42. The van der Waals surface area contributed by atoms with Gasteiger partial charge in [0.2, 0.25) is 0 Å². The van der Waals surface area contributed by atoms with Gasteiger partial charge in [-0.15, -0.1) is 0 Å². The van der Waals surface area contributed by atoms with Crippen LogP contribution in [-0.4, -0.2) is 0 Å². The van der Waals surface area contributed by atoms with Crippen LogP contribution in [0.1, 0.15) is 62.8 Å². The van der Waals surface area contributed by atoms with Gasteiger partial charge in [0, 0.05) is 5.69 Å². The fraction of sp³-hybridized carbons (Fsp3) is 0.400. The number of para-hydroxylation sites is 1. The van der Waals surface area contributed by atoms with Crippen molar-refractivity contribution < 1.29 is 0 Å². The van der Waals surface area contributed by atoms with Gasteiger partial charge < -0.3 is 5.32 Å². The summed E-state index contributed by atoms with van der Waals surface area (Å²) in [6.07, 6.45) is 2.18. The average Bonchev–Trinajstić information content (AvgIpc) is 2.53. The van der Waals surface area contributed by atoms with Gasteiger partial charge in [-0.25, -0.2) is 0 Å². The van der Waals surface area contributed by atoms with Crippen LogP contribution in [0.4, 0.5) is 5.69 Å². The second-order valence-electron chi connectivity index (χ2n) is 5.94. The smallest absolute Gasteiger partial charge is 0.0511 e. The summed E-state index contributed by atoms with van der Waals surface area (Å²) in [5.74, 6) is 0.536. The molecule has 0 aromatic heterocycles. The average molecular weight is 281 g/mol. The standard InChI is InChI=1S/C20H27N/c1-5-16-11-13-17(14-12-16)19(6-2)21-20-10-8-7-9-18(20)15(3)4/h7-15,19,21H,5-6H2,1-4H3. The van der Waals surface area contributed by atoms with Crippen LogP contribution in [0.3, 0.4) is 0 Å². The van der Waals surface area contributed by atoms with Crippen LogP contribution < -0.4 is 5.32 Å². The van der Waals surface area contributed by atoms with Gasteiger partial charge in [-0.3, -0.25) is 0 Å². The lowest BCUT2D eigenvalue weighted by atomic mass is 9.98. The first-order chi connectivity index (χ1) is 10.2. The third-order valence-corrected chi connectivity index (χ3v) is 4.11. The van der Waals surface area contributed by atoms with E-state index in [0.29, 0.717) is 12.0 Å². The van der Waals surface area contributed by atoms with Crippen molar-refractivity contribution in [2.24, 2.45) is 0 Å². The molecule has 2 aromatic carbocycles. The predicted octanol–water partition coefficient (Wildman–Crippen LogP) is 5.94. The molecule has 1 unspecified atom stereocenters. The first-order valence-corrected chi connectivity index (χ1v) is 8.10. The lowest BCUT2D eigenvalue weighted by molar-refractivity contribution is 0.743. The number of rotatable bonds is 6. The van der Waals surface area contributed by atoms with Crippen LogP contribution in [0.15, 0.2) is 48.5 Å². The zero-order chi connectivity index (χ0) is 15.2. The highest BCUT2D eigenvalue weighted by Gasteiger charge is 2.12. The van der Waals surface area contributed by atoms with Gasteiger partial charge in [0.1, 0.15) is 0 Å². The van der Waals surface area contributed by atoms with Crippen LogP contribution in [0.2, 0.25) is 0 Å². The molecule has 0 saturated heterocycles. The number of hydrogen-bond acceptors (Lipinski definition) is 1. The quantitative estimate of drug-likeness (QED) is 0.691. The number of aryl methyl sites for hydroxylation is 1. The lowest BCUT2D eigenvalue weighted by Gasteiger charge is -2.22. The highest BCUT2D eigenvalue weighted by molar-refractivity contribution is 5.54. The van der Waals surface area contributed by atoms with Crippen molar-refractivity contribution in [1.82, 2.24) is 0 Å². The molecule has 1 heteroatoms. The van der Waals surface area contributed by atoms with Gasteiger partial charge in [-0.05, 0) is 41.5 Å². The van der Waals surface area contributed by atoms with E-state index in [1.807, 2.05) is 0 Å². The summed E-state index contributed by atoms with van der Waals surface area (Å²) in [4.78, 5) is 0. The third-order valence-electron chi connectivity index (χ3n) is 4.11. The van der Waals surface area contributed by atoms with E-state index in [-0.39, 0.29) is 0 Å². The van der Waals surface area contributed by atoms with Crippen LogP contribution in [0.25, 0.3) is 0 Å². The van der Waals surface area contributed by atoms with Gasteiger partial charge in [0.15, 0.2) is 0 Å². The summed E-state index contributed by atoms with van der Waals surface area (Å²) in [7, 11) is 0. The summed E-state index contributed by atoms with van der Waals surface area (Å²) in [6.45, 7) is 8.93. The molecule has 2 rings (SSSR count). The fourth-order valence-electron chi connectivity index (χ4n) is 2.73. The first kappa shape index (κ1) is 15.6. The monoisotopic (exact) mass is 281 g/mol. The Morgan fingerprint density at radius 3 is 2.14 bits per heavy atom.